The molecule has 0 unspecified atom stereocenters. The molecule has 1 N–H and O–H groups in total. The zero-order valence-electron chi connectivity index (χ0n) is 19.5. The molecule has 3 aromatic carbocycles. The van der Waals surface area contributed by atoms with Crippen molar-refractivity contribution in [2.24, 2.45) is 0 Å². The minimum Gasteiger partial charge on any atom is -0.493 e. The van der Waals surface area contributed by atoms with Crippen molar-refractivity contribution in [2.75, 3.05) is 11.8 Å². The van der Waals surface area contributed by atoms with E-state index in [0.717, 1.165) is 10.6 Å². The first-order chi connectivity index (χ1) is 16.8. The Kier molecular flexibility index (Phi) is 7.52. The Balaban J connectivity index is 1.34. The first kappa shape index (κ1) is 24.5. The molecule has 1 heterocycles. The van der Waals surface area contributed by atoms with E-state index < -0.39 is 10.0 Å². The number of methoxy groups -OCH3 is 1. The van der Waals surface area contributed by atoms with Gasteiger partial charge in [-0.2, -0.15) is 0 Å². The lowest BCUT2D eigenvalue weighted by atomic mass is 10.2. The quantitative estimate of drug-likeness (QED) is 0.285. The molecule has 0 spiro atoms. The molecule has 0 radical (unpaired) electrons. The fourth-order valence-electron chi connectivity index (χ4n) is 3.05. The number of hydrogen-bond donors (Lipinski definition) is 1. The van der Waals surface area contributed by atoms with E-state index in [9.17, 15) is 8.42 Å². The monoisotopic (exact) mass is 511 g/mol. The molecule has 0 aliphatic rings. The van der Waals surface area contributed by atoms with Crippen LogP contribution in [0.4, 0.5) is 5.13 Å². The Bertz CT molecular complexity index is 1370. The van der Waals surface area contributed by atoms with Gasteiger partial charge in [0.25, 0.3) is 10.0 Å². The van der Waals surface area contributed by atoms with Gasteiger partial charge in [0.2, 0.25) is 5.13 Å². The maximum absolute atomic E-state index is 12.6. The summed E-state index contributed by atoms with van der Waals surface area (Å²) >= 11 is 1.22. The highest BCUT2D eigenvalue weighted by Gasteiger charge is 2.18. The van der Waals surface area contributed by atoms with Crippen molar-refractivity contribution < 1.29 is 22.6 Å². The summed E-state index contributed by atoms with van der Waals surface area (Å²) < 4.78 is 44.8. The van der Waals surface area contributed by atoms with Gasteiger partial charge in [0.1, 0.15) is 23.1 Å². The molecule has 182 valence electrons. The van der Waals surface area contributed by atoms with Crippen molar-refractivity contribution in [1.29, 1.82) is 0 Å². The van der Waals surface area contributed by atoms with Crippen LogP contribution in [0.25, 0.3) is 0 Å². The summed E-state index contributed by atoms with van der Waals surface area (Å²) in [5, 5.41) is 8.92. The van der Waals surface area contributed by atoms with Gasteiger partial charge in [-0.15, -0.1) is 10.2 Å². The van der Waals surface area contributed by atoms with Gasteiger partial charge < -0.3 is 14.2 Å². The van der Waals surface area contributed by atoms with Gasteiger partial charge in [-0.3, -0.25) is 4.72 Å². The van der Waals surface area contributed by atoms with Crippen molar-refractivity contribution in [2.45, 2.75) is 31.3 Å². The van der Waals surface area contributed by atoms with Crippen LogP contribution in [0.2, 0.25) is 0 Å². The number of benzene rings is 3. The number of rotatable bonds is 10. The molecule has 1 aromatic heterocycles. The van der Waals surface area contributed by atoms with E-state index in [0.29, 0.717) is 29.6 Å². The van der Waals surface area contributed by atoms with E-state index in [1.807, 2.05) is 62.4 Å². The molecule has 0 saturated carbocycles. The SMILES string of the molecule is COc1ccccc1Oc1ccc(COc2ccc(S(=O)(=O)Nc3nnc(C(C)C)s3)cc2)cc1. The van der Waals surface area contributed by atoms with E-state index in [2.05, 4.69) is 14.9 Å². The van der Waals surface area contributed by atoms with Crippen LogP contribution in [-0.4, -0.2) is 25.7 Å². The second-order valence-electron chi connectivity index (χ2n) is 7.86. The molecule has 0 aliphatic carbocycles. The molecular formula is C25H25N3O5S2. The van der Waals surface area contributed by atoms with Crippen molar-refractivity contribution in [3.63, 3.8) is 0 Å². The minimum absolute atomic E-state index is 0.115. The van der Waals surface area contributed by atoms with E-state index in [1.165, 1.54) is 23.5 Å². The lowest BCUT2D eigenvalue weighted by Gasteiger charge is -2.11. The third-order valence-corrected chi connectivity index (χ3v) is 7.54. The van der Waals surface area contributed by atoms with Crippen LogP contribution in [0, 0.1) is 0 Å². The largest absolute Gasteiger partial charge is 0.493 e. The van der Waals surface area contributed by atoms with Crippen LogP contribution < -0.4 is 18.9 Å². The highest BCUT2D eigenvalue weighted by atomic mass is 32.2. The fourth-order valence-corrected chi connectivity index (χ4v) is 5.02. The summed E-state index contributed by atoms with van der Waals surface area (Å²) in [7, 11) is -2.17. The zero-order valence-corrected chi connectivity index (χ0v) is 21.1. The van der Waals surface area contributed by atoms with Gasteiger partial charge in [0.15, 0.2) is 11.5 Å². The van der Waals surface area contributed by atoms with Crippen LogP contribution in [0.5, 0.6) is 23.0 Å². The van der Waals surface area contributed by atoms with Crippen LogP contribution in [0.1, 0.15) is 30.3 Å². The summed E-state index contributed by atoms with van der Waals surface area (Å²) in [5.74, 6) is 2.70. The van der Waals surface area contributed by atoms with Crippen LogP contribution in [0.3, 0.4) is 0 Å². The van der Waals surface area contributed by atoms with Gasteiger partial charge in [-0.05, 0) is 54.1 Å². The Morgan fingerprint density at radius 1 is 0.886 bits per heavy atom. The summed E-state index contributed by atoms with van der Waals surface area (Å²) in [6.07, 6.45) is 0. The molecule has 0 bridgehead atoms. The molecule has 0 saturated heterocycles. The fraction of sp³-hybridized carbons (Fsp3) is 0.200. The molecule has 0 aliphatic heterocycles. The molecule has 10 heteroatoms. The number of nitrogens with zero attached hydrogens (tertiary/aromatic N) is 2. The van der Waals surface area contributed by atoms with E-state index >= 15 is 0 Å². The van der Waals surface area contributed by atoms with Gasteiger partial charge in [0, 0.05) is 5.92 Å². The minimum atomic E-state index is -3.77. The first-order valence-electron chi connectivity index (χ1n) is 10.8. The van der Waals surface area contributed by atoms with Crippen molar-refractivity contribution in [3.8, 4) is 23.0 Å². The van der Waals surface area contributed by atoms with E-state index in [4.69, 9.17) is 14.2 Å². The lowest BCUT2D eigenvalue weighted by Crippen LogP contribution is -2.12. The van der Waals surface area contributed by atoms with Gasteiger partial charge in [0.05, 0.1) is 12.0 Å². The first-order valence-corrected chi connectivity index (χ1v) is 13.1. The Morgan fingerprint density at radius 3 is 2.17 bits per heavy atom. The van der Waals surface area contributed by atoms with Gasteiger partial charge in [-0.25, -0.2) is 8.42 Å². The number of ether oxygens (including phenoxy) is 3. The van der Waals surface area contributed by atoms with Crippen molar-refractivity contribution >= 4 is 26.5 Å². The maximum Gasteiger partial charge on any atom is 0.263 e. The smallest absolute Gasteiger partial charge is 0.263 e. The number of aromatic nitrogens is 2. The van der Waals surface area contributed by atoms with Crippen LogP contribution in [-0.2, 0) is 16.6 Å². The molecule has 35 heavy (non-hydrogen) atoms. The highest BCUT2D eigenvalue weighted by Crippen LogP contribution is 2.31. The molecule has 0 amide bonds. The molecule has 4 rings (SSSR count). The van der Waals surface area contributed by atoms with Gasteiger partial charge in [-0.1, -0.05) is 49.4 Å². The molecule has 0 atom stereocenters. The number of sulfonamides is 1. The van der Waals surface area contributed by atoms with Gasteiger partial charge >= 0.3 is 0 Å². The van der Waals surface area contributed by atoms with Crippen molar-refractivity contribution in [1.82, 2.24) is 10.2 Å². The summed E-state index contributed by atoms with van der Waals surface area (Å²) in [4.78, 5) is 0.115. The number of anilines is 1. The average Bonchev–Trinajstić information content (AvgIpc) is 3.32. The molecule has 4 aromatic rings. The average molecular weight is 512 g/mol. The standard InChI is InChI=1S/C25H25N3O5S2/c1-17(2)24-26-27-25(34-24)28-35(29,30)21-14-12-19(13-15-21)32-16-18-8-10-20(11-9-18)33-23-7-5-4-6-22(23)31-3/h4-15,17H,16H2,1-3H3,(H,27,28). The van der Waals surface area contributed by atoms with E-state index in [1.54, 1.807) is 19.2 Å². The Hall–Kier alpha value is -3.63. The summed E-state index contributed by atoms with van der Waals surface area (Å²) in [5.41, 5.74) is 0.938. The molecular weight excluding hydrogens is 486 g/mol. The second-order valence-corrected chi connectivity index (χ2v) is 10.6. The lowest BCUT2D eigenvalue weighted by molar-refractivity contribution is 0.306. The zero-order chi connectivity index (χ0) is 24.8. The highest BCUT2D eigenvalue weighted by molar-refractivity contribution is 7.93. The predicted octanol–water partition coefficient (Wildman–Crippen LogP) is 5.84. The van der Waals surface area contributed by atoms with E-state index in [-0.39, 0.29) is 15.9 Å². The predicted molar refractivity (Wildman–Crippen MR) is 135 cm³/mol. The Labute approximate surface area is 208 Å². The molecule has 0 fully saturated rings. The number of nitrogens with one attached hydrogen (secondary N) is 1. The number of para-hydroxylation sites is 2. The maximum atomic E-state index is 12.6. The second kappa shape index (κ2) is 10.7. The molecule has 8 nitrogen and oxygen atoms in total. The summed E-state index contributed by atoms with van der Waals surface area (Å²) in [6.45, 7) is 4.27. The third kappa shape index (κ3) is 6.28. The summed E-state index contributed by atoms with van der Waals surface area (Å²) in [6, 6.07) is 21.2. The topological polar surface area (TPSA) is 99.6 Å². The van der Waals surface area contributed by atoms with Crippen LogP contribution >= 0.6 is 11.3 Å². The normalized spacial score (nSPS) is 11.3. The van der Waals surface area contributed by atoms with Crippen LogP contribution in [0.15, 0.2) is 77.7 Å². The third-order valence-electron chi connectivity index (χ3n) is 4.92. The van der Waals surface area contributed by atoms with Crippen molar-refractivity contribution in [3.05, 3.63) is 83.4 Å². The Morgan fingerprint density at radius 2 is 1.54 bits per heavy atom. The number of hydrogen-bond acceptors (Lipinski definition) is 8.